The molecule has 0 bridgehead atoms. The van der Waals surface area contributed by atoms with Crippen LogP contribution in [0.5, 0.6) is 11.5 Å². The van der Waals surface area contributed by atoms with Crippen molar-refractivity contribution in [2.75, 3.05) is 26.8 Å². The van der Waals surface area contributed by atoms with E-state index in [1.807, 2.05) is 25.1 Å². The fraction of sp³-hybridized carbons (Fsp3) is 0.632. The van der Waals surface area contributed by atoms with Gasteiger partial charge in [0.25, 0.3) is 0 Å². The van der Waals surface area contributed by atoms with Crippen molar-refractivity contribution in [1.29, 1.82) is 0 Å². The van der Waals surface area contributed by atoms with Crippen molar-refractivity contribution in [3.63, 3.8) is 0 Å². The minimum Gasteiger partial charge on any atom is -0.493 e. The first-order valence-corrected chi connectivity index (χ1v) is 8.83. The molecule has 2 unspecified atom stereocenters. The molecule has 25 heavy (non-hydrogen) atoms. The van der Waals surface area contributed by atoms with Crippen LogP contribution in [0.2, 0.25) is 0 Å². The molecule has 1 aliphatic heterocycles. The standard InChI is InChI=1S/C19H30N2O3.ClH/c1-13(2)12-24-17-8-7-15(10-18(17)23-4)14(3)21-19(22)16-6-5-9-20-11-16;/h7-8,10,13-14,16,20H,5-6,9,11-12H2,1-4H3,(H,21,22);1H. The van der Waals surface area contributed by atoms with Crippen molar-refractivity contribution in [2.45, 2.75) is 39.7 Å². The van der Waals surface area contributed by atoms with Crippen LogP contribution in [0.3, 0.4) is 0 Å². The van der Waals surface area contributed by atoms with E-state index in [1.54, 1.807) is 7.11 Å². The van der Waals surface area contributed by atoms with Crippen molar-refractivity contribution in [2.24, 2.45) is 11.8 Å². The molecule has 0 radical (unpaired) electrons. The minimum atomic E-state index is -0.0625. The third-order valence-corrected chi connectivity index (χ3v) is 4.29. The second-order valence-electron chi connectivity index (χ2n) is 6.89. The summed E-state index contributed by atoms with van der Waals surface area (Å²) in [6, 6.07) is 5.79. The Bertz CT molecular complexity index is 545. The van der Waals surface area contributed by atoms with Gasteiger partial charge in [0.15, 0.2) is 11.5 Å². The number of halogens is 1. The highest BCUT2D eigenvalue weighted by Crippen LogP contribution is 2.30. The number of amides is 1. The van der Waals surface area contributed by atoms with E-state index < -0.39 is 0 Å². The maximum Gasteiger partial charge on any atom is 0.224 e. The topological polar surface area (TPSA) is 59.6 Å². The van der Waals surface area contributed by atoms with Crippen LogP contribution < -0.4 is 20.1 Å². The first-order chi connectivity index (χ1) is 11.5. The third-order valence-electron chi connectivity index (χ3n) is 4.29. The van der Waals surface area contributed by atoms with Gasteiger partial charge in [-0.3, -0.25) is 4.79 Å². The van der Waals surface area contributed by atoms with E-state index in [0.29, 0.717) is 18.3 Å². The molecule has 1 fully saturated rings. The molecule has 2 rings (SSSR count). The van der Waals surface area contributed by atoms with E-state index in [9.17, 15) is 4.79 Å². The van der Waals surface area contributed by atoms with Crippen molar-refractivity contribution >= 4 is 18.3 Å². The zero-order chi connectivity index (χ0) is 17.5. The average molecular weight is 371 g/mol. The average Bonchev–Trinajstić information content (AvgIpc) is 2.60. The zero-order valence-electron chi connectivity index (χ0n) is 15.6. The number of carbonyl (C=O) groups is 1. The van der Waals surface area contributed by atoms with Gasteiger partial charge in [0.2, 0.25) is 5.91 Å². The van der Waals surface area contributed by atoms with Crippen molar-refractivity contribution in [3.8, 4) is 11.5 Å². The first-order valence-electron chi connectivity index (χ1n) is 8.83. The van der Waals surface area contributed by atoms with E-state index in [0.717, 1.165) is 37.2 Å². The predicted octanol–water partition coefficient (Wildman–Crippen LogP) is 3.33. The van der Waals surface area contributed by atoms with E-state index in [4.69, 9.17) is 9.47 Å². The Morgan fingerprint density at radius 3 is 2.68 bits per heavy atom. The molecule has 0 spiro atoms. The van der Waals surface area contributed by atoms with Crippen LogP contribution in [0, 0.1) is 11.8 Å². The summed E-state index contributed by atoms with van der Waals surface area (Å²) in [7, 11) is 1.64. The first kappa shape index (κ1) is 21.6. The van der Waals surface area contributed by atoms with Crippen LogP contribution in [-0.2, 0) is 4.79 Å². The monoisotopic (exact) mass is 370 g/mol. The number of hydrogen-bond acceptors (Lipinski definition) is 4. The van der Waals surface area contributed by atoms with Gasteiger partial charge in [0.05, 0.1) is 25.7 Å². The van der Waals surface area contributed by atoms with Gasteiger partial charge in [0.1, 0.15) is 0 Å². The molecule has 1 aliphatic rings. The SMILES string of the molecule is COc1cc(C(C)NC(=O)C2CCCNC2)ccc1OCC(C)C.Cl. The lowest BCUT2D eigenvalue weighted by atomic mass is 9.98. The third kappa shape index (κ3) is 6.40. The lowest BCUT2D eigenvalue weighted by molar-refractivity contribution is -0.126. The van der Waals surface area contributed by atoms with Gasteiger partial charge in [-0.05, 0) is 49.9 Å². The molecule has 1 saturated heterocycles. The number of methoxy groups -OCH3 is 1. The molecular weight excluding hydrogens is 340 g/mol. The number of benzene rings is 1. The fourth-order valence-electron chi connectivity index (χ4n) is 2.82. The van der Waals surface area contributed by atoms with Crippen LogP contribution in [-0.4, -0.2) is 32.7 Å². The Hall–Kier alpha value is -1.46. The Balaban J connectivity index is 0.00000312. The van der Waals surface area contributed by atoms with Crippen LogP contribution >= 0.6 is 12.4 Å². The Morgan fingerprint density at radius 1 is 1.32 bits per heavy atom. The van der Waals surface area contributed by atoms with Gasteiger partial charge in [-0.25, -0.2) is 0 Å². The summed E-state index contributed by atoms with van der Waals surface area (Å²) in [5, 5.41) is 6.39. The fourth-order valence-corrected chi connectivity index (χ4v) is 2.82. The molecular formula is C19H31ClN2O3. The van der Waals surface area contributed by atoms with E-state index >= 15 is 0 Å². The Labute approximate surface area is 157 Å². The smallest absolute Gasteiger partial charge is 0.224 e. The maximum atomic E-state index is 12.4. The number of ether oxygens (including phenoxy) is 2. The van der Waals surface area contributed by atoms with Crippen molar-refractivity contribution < 1.29 is 14.3 Å². The summed E-state index contributed by atoms with van der Waals surface area (Å²) >= 11 is 0. The van der Waals surface area contributed by atoms with Gasteiger partial charge in [-0.2, -0.15) is 0 Å². The molecule has 1 aromatic rings. The predicted molar refractivity (Wildman–Crippen MR) is 103 cm³/mol. The molecule has 1 aromatic carbocycles. The van der Waals surface area contributed by atoms with Crippen LogP contribution in [0.15, 0.2) is 18.2 Å². The highest BCUT2D eigenvalue weighted by molar-refractivity contribution is 5.85. The second-order valence-corrected chi connectivity index (χ2v) is 6.89. The van der Waals surface area contributed by atoms with Gasteiger partial charge >= 0.3 is 0 Å². The molecule has 6 heteroatoms. The molecule has 142 valence electrons. The van der Waals surface area contributed by atoms with E-state index in [-0.39, 0.29) is 30.3 Å². The summed E-state index contributed by atoms with van der Waals surface area (Å²) < 4.78 is 11.2. The van der Waals surface area contributed by atoms with Gasteiger partial charge in [-0.15, -0.1) is 12.4 Å². The number of rotatable bonds is 7. The molecule has 1 amide bonds. The van der Waals surface area contributed by atoms with E-state index in [1.165, 1.54) is 0 Å². The van der Waals surface area contributed by atoms with Crippen LogP contribution in [0.1, 0.15) is 45.2 Å². The van der Waals surface area contributed by atoms with Crippen LogP contribution in [0.25, 0.3) is 0 Å². The van der Waals surface area contributed by atoms with Gasteiger partial charge in [-0.1, -0.05) is 19.9 Å². The second kappa shape index (κ2) is 10.5. The minimum absolute atomic E-state index is 0. The molecule has 2 atom stereocenters. The molecule has 0 saturated carbocycles. The zero-order valence-corrected chi connectivity index (χ0v) is 16.4. The molecule has 5 nitrogen and oxygen atoms in total. The highest BCUT2D eigenvalue weighted by Gasteiger charge is 2.22. The Morgan fingerprint density at radius 2 is 2.08 bits per heavy atom. The quantitative estimate of drug-likeness (QED) is 0.772. The van der Waals surface area contributed by atoms with Crippen molar-refractivity contribution in [3.05, 3.63) is 23.8 Å². The summed E-state index contributed by atoms with van der Waals surface area (Å²) in [5.74, 6) is 2.08. The number of hydrogen-bond donors (Lipinski definition) is 2. The molecule has 2 N–H and O–H groups in total. The molecule has 0 aromatic heterocycles. The lowest BCUT2D eigenvalue weighted by Gasteiger charge is -2.24. The summed E-state index contributed by atoms with van der Waals surface area (Å²) in [5.41, 5.74) is 1.01. The number of piperidine rings is 1. The highest BCUT2D eigenvalue weighted by atomic mass is 35.5. The summed E-state index contributed by atoms with van der Waals surface area (Å²) in [6.07, 6.45) is 2.01. The summed E-state index contributed by atoms with van der Waals surface area (Å²) in [4.78, 5) is 12.4. The number of nitrogens with one attached hydrogen (secondary N) is 2. The van der Waals surface area contributed by atoms with Gasteiger partial charge in [0, 0.05) is 6.54 Å². The normalized spacial score (nSPS) is 18.2. The maximum absolute atomic E-state index is 12.4. The molecule has 1 heterocycles. The lowest BCUT2D eigenvalue weighted by Crippen LogP contribution is -2.41. The largest absolute Gasteiger partial charge is 0.493 e. The van der Waals surface area contributed by atoms with Gasteiger partial charge < -0.3 is 20.1 Å². The summed E-state index contributed by atoms with van der Waals surface area (Å²) in [6.45, 7) is 8.64. The van der Waals surface area contributed by atoms with Crippen molar-refractivity contribution in [1.82, 2.24) is 10.6 Å². The van der Waals surface area contributed by atoms with Crippen LogP contribution in [0.4, 0.5) is 0 Å². The number of carbonyl (C=O) groups excluding carboxylic acids is 1. The Kier molecular flexibility index (Phi) is 9.08. The van der Waals surface area contributed by atoms with E-state index in [2.05, 4.69) is 24.5 Å². The molecule has 0 aliphatic carbocycles.